The number of unbranched alkanes of at least 4 members (excludes halogenated alkanes) is 43. The lowest BCUT2D eigenvalue weighted by molar-refractivity contribution is -0.161. The van der Waals surface area contributed by atoms with Crippen molar-refractivity contribution in [1.82, 2.24) is 0 Å². The molecule has 0 heterocycles. The Balaban J connectivity index is 5.19. The molecule has 0 aromatic heterocycles. The summed E-state index contributed by atoms with van der Waals surface area (Å²) < 4.78 is 68.2. The van der Waals surface area contributed by atoms with E-state index in [9.17, 15) is 43.2 Å². The van der Waals surface area contributed by atoms with E-state index in [0.29, 0.717) is 25.7 Å². The van der Waals surface area contributed by atoms with Gasteiger partial charge < -0.3 is 33.8 Å². The van der Waals surface area contributed by atoms with Crippen LogP contribution in [-0.2, 0) is 65.4 Å². The number of hydrogen-bond acceptors (Lipinski definition) is 15. The SMILES string of the molecule is CCCCCCCCCCCCCCCCCCCCCC(=O)O[C@H](COC(=O)CCCCCCCCCCCC(C)C)COP(=O)(O)OC[C@@H](O)COP(=O)(O)OC[C@@H](COC(=O)CCCCCCCCCCC)OC(=O)CCCCCCCCCCCC. The van der Waals surface area contributed by atoms with E-state index in [-0.39, 0.29) is 25.7 Å². The fourth-order valence-corrected chi connectivity index (χ4v) is 12.4. The Labute approximate surface area is 549 Å². The van der Waals surface area contributed by atoms with E-state index in [1.54, 1.807) is 0 Å². The number of phosphoric acid groups is 2. The Kier molecular flexibility index (Phi) is 63.0. The first kappa shape index (κ1) is 88.1. The predicted molar refractivity (Wildman–Crippen MR) is 363 cm³/mol. The Bertz CT molecular complexity index is 1740. The number of phosphoric ester groups is 2. The monoisotopic (exact) mass is 1320 g/mol. The molecule has 0 saturated heterocycles. The topological polar surface area (TPSA) is 237 Å². The molecule has 19 heteroatoms. The van der Waals surface area contributed by atoms with Gasteiger partial charge in [0, 0.05) is 25.7 Å². The number of rotatable bonds is 71. The molecule has 0 aromatic rings. The molecule has 2 unspecified atom stereocenters. The predicted octanol–water partition coefficient (Wildman–Crippen LogP) is 20.5. The highest BCUT2D eigenvalue weighted by molar-refractivity contribution is 7.47. The van der Waals surface area contributed by atoms with Gasteiger partial charge in [0.25, 0.3) is 0 Å². The van der Waals surface area contributed by atoms with E-state index in [1.165, 1.54) is 193 Å². The maximum Gasteiger partial charge on any atom is 0.472 e. The summed E-state index contributed by atoms with van der Waals surface area (Å²) in [6, 6.07) is 0. The van der Waals surface area contributed by atoms with Gasteiger partial charge in [-0.25, -0.2) is 9.13 Å². The quantitative estimate of drug-likeness (QED) is 0.0222. The van der Waals surface area contributed by atoms with Crippen LogP contribution in [0.25, 0.3) is 0 Å². The van der Waals surface area contributed by atoms with Crippen molar-refractivity contribution in [2.45, 2.75) is 387 Å². The molecule has 0 rings (SSSR count). The summed E-state index contributed by atoms with van der Waals surface area (Å²) in [5.74, 6) is -1.38. The molecule has 5 atom stereocenters. The lowest BCUT2D eigenvalue weighted by Gasteiger charge is -2.21. The second-order valence-corrected chi connectivity index (χ2v) is 29.0. The van der Waals surface area contributed by atoms with E-state index >= 15 is 0 Å². The molecule has 0 aromatic carbocycles. The normalized spacial score (nSPS) is 14.1. The van der Waals surface area contributed by atoms with Crippen molar-refractivity contribution in [3.8, 4) is 0 Å². The van der Waals surface area contributed by atoms with Crippen LogP contribution >= 0.6 is 15.6 Å². The summed E-state index contributed by atoms with van der Waals surface area (Å²) in [7, 11) is -9.90. The summed E-state index contributed by atoms with van der Waals surface area (Å²) >= 11 is 0. The molecule has 0 amide bonds. The number of aliphatic hydroxyl groups is 1. The van der Waals surface area contributed by atoms with Crippen LogP contribution in [0.2, 0.25) is 0 Å². The molecule has 90 heavy (non-hydrogen) atoms. The largest absolute Gasteiger partial charge is 0.472 e. The third-order valence-corrected chi connectivity index (χ3v) is 18.4. The van der Waals surface area contributed by atoms with Gasteiger partial charge in [0.2, 0.25) is 0 Å². The first-order valence-electron chi connectivity index (χ1n) is 37.1. The molecule has 3 N–H and O–H groups in total. The first-order chi connectivity index (χ1) is 43.5. The number of ether oxygens (including phenoxy) is 4. The van der Waals surface area contributed by atoms with Gasteiger partial charge in [-0.1, -0.05) is 317 Å². The van der Waals surface area contributed by atoms with E-state index in [1.807, 2.05) is 0 Å². The van der Waals surface area contributed by atoms with E-state index in [2.05, 4.69) is 34.6 Å². The molecule has 0 bridgehead atoms. The molecular weight excluding hydrogens is 1190 g/mol. The second kappa shape index (κ2) is 64.4. The Morgan fingerprint density at radius 1 is 0.300 bits per heavy atom. The molecule has 0 saturated carbocycles. The van der Waals surface area contributed by atoms with Crippen LogP contribution in [-0.4, -0.2) is 96.7 Å². The van der Waals surface area contributed by atoms with Gasteiger partial charge in [0.15, 0.2) is 12.2 Å². The average Bonchev–Trinajstić information content (AvgIpc) is 2.92. The molecule has 534 valence electrons. The number of hydrogen-bond donors (Lipinski definition) is 3. The second-order valence-electron chi connectivity index (χ2n) is 26.1. The summed E-state index contributed by atoms with van der Waals surface area (Å²) in [6.07, 6.45) is 51.4. The van der Waals surface area contributed by atoms with Crippen molar-refractivity contribution in [3.63, 3.8) is 0 Å². The number of aliphatic hydroxyl groups excluding tert-OH is 1. The smallest absolute Gasteiger partial charge is 0.462 e. The highest BCUT2D eigenvalue weighted by Gasteiger charge is 2.30. The van der Waals surface area contributed by atoms with Crippen molar-refractivity contribution < 1.29 is 80.2 Å². The summed E-state index contributed by atoms with van der Waals surface area (Å²) in [6.45, 7) is 7.21. The van der Waals surface area contributed by atoms with Crippen molar-refractivity contribution in [3.05, 3.63) is 0 Å². The molecule has 17 nitrogen and oxygen atoms in total. The van der Waals surface area contributed by atoms with Gasteiger partial charge in [-0.2, -0.15) is 0 Å². The van der Waals surface area contributed by atoms with E-state index in [0.717, 1.165) is 95.8 Å². The van der Waals surface area contributed by atoms with Crippen LogP contribution in [0, 0.1) is 5.92 Å². The maximum absolute atomic E-state index is 13.0. The van der Waals surface area contributed by atoms with E-state index < -0.39 is 97.5 Å². The van der Waals surface area contributed by atoms with Crippen LogP contribution in [0.15, 0.2) is 0 Å². The third-order valence-electron chi connectivity index (χ3n) is 16.5. The van der Waals surface area contributed by atoms with Gasteiger partial charge in [0.05, 0.1) is 26.4 Å². The maximum atomic E-state index is 13.0. The van der Waals surface area contributed by atoms with Gasteiger partial charge in [-0.3, -0.25) is 37.3 Å². The molecule has 0 spiro atoms. The van der Waals surface area contributed by atoms with Crippen LogP contribution in [0.4, 0.5) is 0 Å². The number of carbonyl (C=O) groups excluding carboxylic acids is 4. The van der Waals surface area contributed by atoms with Crippen LogP contribution < -0.4 is 0 Å². The summed E-state index contributed by atoms with van der Waals surface area (Å²) in [5, 5.41) is 10.6. The standard InChI is InChI=1S/C71H138O17P2/c1-6-9-12-15-18-21-23-24-25-26-27-28-29-30-31-36-42-47-52-57-71(76)88-67(61-82-69(74)55-50-45-40-37-32-34-38-43-48-53-64(4)5)63-86-90(79,80)84-59-65(72)58-83-89(77,78)85-62-66(60-81-68(73)54-49-44-39-33-20-17-14-11-8-3)87-70(75)56-51-46-41-35-22-19-16-13-10-7-2/h64-67,72H,6-63H2,1-5H3,(H,77,78)(H,79,80)/t65-,66+,67+/m0/s1. The minimum atomic E-state index is -4.95. The van der Waals surface area contributed by atoms with Crippen LogP contribution in [0.1, 0.15) is 369 Å². The third kappa shape index (κ3) is 64.8. The molecule has 0 aliphatic carbocycles. The Hall–Kier alpha value is -1.94. The number of carbonyl (C=O) groups is 4. The van der Waals surface area contributed by atoms with Crippen molar-refractivity contribution in [1.29, 1.82) is 0 Å². The zero-order valence-electron chi connectivity index (χ0n) is 58.3. The zero-order chi connectivity index (χ0) is 66.3. The zero-order valence-corrected chi connectivity index (χ0v) is 60.1. The Morgan fingerprint density at radius 3 is 0.756 bits per heavy atom. The fraction of sp³-hybridized carbons (Fsp3) is 0.944. The van der Waals surface area contributed by atoms with Crippen molar-refractivity contribution in [2.75, 3.05) is 39.6 Å². The minimum Gasteiger partial charge on any atom is -0.462 e. The summed E-state index contributed by atoms with van der Waals surface area (Å²) in [5.41, 5.74) is 0. The van der Waals surface area contributed by atoms with Gasteiger partial charge in [-0.05, 0) is 31.6 Å². The highest BCUT2D eigenvalue weighted by atomic mass is 31.2. The fourth-order valence-electron chi connectivity index (χ4n) is 10.8. The summed E-state index contributed by atoms with van der Waals surface area (Å²) in [4.78, 5) is 72.5. The van der Waals surface area contributed by atoms with Crippen LogP contribution in [0.5, 0.6) is 0 Å². The Morgan fingerprint density at radius 2 is 0.511 bits per heavy atom. The lowest BCUT2D eigenvalue weighted by Crippen LogP contribution is -2.30. The first-order valence-corrected chi connectivity index (χ1v) is 40.1. The molecule has 0 fully saturated rings. The van der Waals surface area contributed by atoms with Gasteiger partial charge >= 0.3 is 39.5 Å². The molecule has 0 aliphatic rings. The van der Waals surface area contributed by atoms with Gasteiger partial charge in [0.1, 0.15) is 19.3 Å². The van der Waals surface area contributed by atoms with E-state index in [4.69, 9.17) is 37.0 Å². The minimum absolute atomic E-state index is 0.107. The molecule has 0 aliphatic heterocycles. The number of esters is 4. The van der Waals surface area contributed by atoms with Crippen molar-refractivity contribution in [2.24, 2.45) is 5.92 Å². The van der Waals surface area contributed by atoms with Crippen LogP contribution in [0.3, 0.4) is 0 Å². The highest BCUT2D eigenvalue weighted by Crippen LogP contribution is 2.45. The molecule has 0 radical (unpaired) electrons. The molecular formula is C71H138O17P2. The van der Waals surface area contributed by atoms with Crippen molar-refractivity contribution >= 4 is 39.5 Å². The van der Waals surface area contributed by atoms with Gasteiger partial charge in [-0.15, -0.1) is 0 Å². The lowest BCUT2D eigenvalue weighted by atomic mass is 10.0. The average molecular weight is 1330 g/mol.